The van der Waals surface area contributed by atoms with Crippen LogP contribution >= 0.6 is 0 Å². The normalized spacial score (nSPS) is 18.9. The number of carbonyl (C=O) groups is 2. The minimum absolute atomic E-state index is 0.00631. The van der Waals surface area contributed by atoms with E-state index in [1.165, 1.54) is 0 Å². The van der Waals surface area contributed by atoms with Crippen molar-refractivity contribution < 1.29 is 9.59 Å². The van der Waals surface area contributed by atoms with Gasteiger partial charge in [-0.2, -0.15) is 0 Å². The number of hydrogen-bond acceptors (Lipinski definition) is 5. The predicted molar refractivity (Wildman–Crippen MR) is 182 cm³/mol. The van der Waals surface area contributed by atoms with Crippen molar-refractivity contribution in [2.24, 2.45) is 5.92 Å². The lowest BCUT2D eigenvalue weighted by atomic mass is 10.0. The van der Waals surface area contributed by atoms with Crippen LogP contribution in [0.2, 0.25) is 0 Å². The molecule has 2 aromatic heterocycles. The Morgan fingerprint density at radius 1 is 0.761 bits per heavy atom. The molecule has 9 heteroatoms. The Morgan fingerprint density at radius 2 is 1.22 bits per heavy atom. The number of amides is 2. The van der Waals surface area contributed by atoms with Crippen LogP contribution in [0, 0.1) is 5.92 Å². The first-order valence-corrected chi connectivity index (χ1v) is 16.9. The topological polar surface area (TPSA) is 110 Å². The van der Waals surface area contributed by atoms with Gasteiger partial charge in [0.1, 0.15) is 11.6 Å². The van der Waals surface area contributed by atoms with E-state index in [-0.39, 0.29) is 23.9 Å². The summed E-state index contributed by atoms with van der Waals surface area (Å²) in [7, 11) is 0. The molecule has 0 saturated carbocycles. The minimum atomic E-state index is -0.00631. The maximum Gasteiger partial charge on any atom is 0.237 e. The Bertz CT molecular complexity index is 1620. The van der Waals surface area contributed by atoms with E-state index in [9.17, 15) is 9.59 Å². The molecule has 2 amide bonds. The zero-order valence-corrected chi connectivity index (χ0v) is 27.6. The second kappa shape index (κ2) is 14.0. The van der Waals surface area contributed by atoms with E-state index in [0.29, 0.717) is 24.9 Å². The molecule has 2 fully saturated rings. The zero-order chi connectivity index (χ0) is 32.2. The van der Waals surface area contributed by atoms with E-state index in [1.54, 1.807) is 0 Å². The van der Waals surface area contributed by atoms with Gasteiger partial charge in [-0.05, 0) is 67.2 Å². The second-order valence-electron chi connectivity index (χ2n) is 13.3. The molecular formula is C37H47N7O2. The number of H-pyrrole nitrogens is 2. The number of nitrogens with one attached hydrogen (secondary N) is 3. The predicted octanol–water partition coefficient (Wildman–Crippen LogP) is 6.90. The van der Waals surface area contributed by atoms with Crippen molar-refractivity contribution in [1.29, 1.82) is 0 Å². The van der Waals surface area contributed by atoms with E-state index < -0.39 is 0 Å². The monoisotopic (exact) mass is 621 g/mol. The highest BCUT2D eigenvalue weighted by Gasteiger charge is 2.33. The van der Waals surface area contributed by atoms with Gasteiger partial charge < -0.3 is 25.1 Å². The lowest BCUT2D eigenvalue weighted by Crippen LogP contribution is -2.40. The molecule has 242 valence electrons. The van der Waals surface area contributed by atoms with Gasteiger partial charge in [0.25, 0.3) is 0 Å². The van der Waals surface area contributed by atoms with Crippen molar-refractivity contribution in [2.45, 2.75) is 84.3 Å². The molecule has 6 rings (SSSR count). The first-order chi connectivity index (χ1) is 22.3. The van der Waals surface area contributed by atoms with Crippen molar-refractivity contribution in [3.05, 3.63) is 72.6 Å². The van der Waals surface area contributed by atoms with Crippen molar-refractivity contribution in [3.8, 4) is 33.6 Å². The summed E-state index contributed by atoms with van der Waals surface area (Å²) in [6.45, 7) is 10.3. The molecule has 2 aliphatic heterocycles. The minimum Gasteiger partial charge on any atom is -0.340 e. The fourth-order valence-corrected chi connectivity index (χ4v) is 6.66. The van der Waals surface area contributed by atoms with Crippen molar-refractivity contribution in [3.63, 3.8) is 0 Å². The van der Waals surface area contributed by atoms with Crippen LogP contribution in [-0.2, 0) is 9.59 Å². The Balaban J connectivity index is 1.09. The standard InChI is InChI=1S/C37H47N7O2/c1-5-25(4)38-23-35(46)44-19-7-9-33(44)37-40-22-31(42-37)29-16-12-27(13-17-29)26-10-14-28(15-11-26)30-21-39-36(41-30)32-8-6-18-43(32)34(45)20-24(2)3/h10-17,21-22,24-25,32-33,38H,5-9,18-20,23H2,1-4H3,(H,39,41)(H,40,42)/t25?,32-,33-/m0/s1. The summed E-state index contributed by atoms with van der Waals surface area (Å²) in [6, 6.07) is 17.3. The van der Waals surface area contributed by atoms with E-state index in [2.05, 4.69) is 96.5 Å². The molecule has 2 saturated heterocycles. The third-order valence-corrected chi connectivity index (χ3v) is 9.49. The summed E-state index contributed by atoms with van der Waals surface area (Å²) in [4.78, 5) is 46.0. The van der Waals surface area contributed by atoms with Gasteiger partial charge in [-0.1, -0.05) is 69.3 Å². The number of nitrogens with zero attached hydrogens (tertiary/aromatic N) is 4. The number of benzene rings is 2. The van der Waals surface area contributed by atoms with Crippen molar-refractivity contribution in [1.82, 2.24) is 35.1 Å². The van der Waals surface area contributed by atoms with E-state index in [4.69, 9.17) is 4.98 Å². The maximum atomic E-state index is 12.9. The first-order valence-electron chi connectivity index (χ1n) is 16.9. The molecule has 0 aliphatic carbocycles. The van der Waals surface area contributed by atoms with Gasteiger partial charge in [-0.3, -0.25) is 9.59 Å². The van der Waals surface area contributed by atoms with Gasteiger partial charge in [0, 0.05) is 25.6 Å². The maximum absolute atomic E-state index is 12.9. The van der Waals surface area contributed by atoms with E-state index in [1.807, 2.05) is 22.2 Å². The number of hydrogen-bond donors (Lipinski definition) is 3. The number of carbonyl (C=O) groups excluding carboxylic acids is 2. The van der Waals surface area contributed by atoms with Gasteiger partial charge in [-0.15, -0.1) is 0 Å². The molecule has 46 heavy (non-hydrogen) atoms. The molecule has 2 aromatic carbocycles. The number of imidazole rings is 2. The largest absolute Gasteiger partial charge is 0.340 e. The van der Waals surface area contributed by atoms with Gasteiger partial charge in [0.05, 0.1) is 42.4 Å². The van der Waals surface area contributed by atoms with Gasteiger partial charge in [-0.25, -0.2) is 9.97 Å². The Labute approximate surface area is 272 Å². The SMILES string of the molecule is CCC(C)NCC(=O)N1CCC[C@H]1c1ncc(-c2ccc(-c3ccc(-c4cnc([C@@H]5CCCN5C(=O)CC(C)C)[nH]4)cc3)cc2)[nH]1. The molecule has 2 aliphatic rings. The van der Waals surface area contributed by atoms with Gasteiger partial charge >= 0.3 is 0 Å². The van der Waals surface area contributed by atoms with Crippen molar-refractivity contribution in [2.75, 3.05) is 19.6 Å². The highest BCUT2D eigenvalue weighted by atomic mass is 16.2. The average Bonchev–Trinajstić information content (AvgIpc) is 3.89. The molecule has 4 aromatic rings. The molecule has 1 unspecified atom stereocenters. The smallest absolute Gasteiger partial charge is 0.237 e. The van der Waals surface area contributed by atoms with Crippen LogP contribution in [0.4, 0.5) is 0 Å². The van der Waals surface area contributed by atoms with Crippen LogP contribution in [0.25, 0.3) is 33.6 Å². The number of likely N-dealkylation sites (tertiary alicyclic amines) is 2. The third-order valence-electron chi connectivity index (χ3n) is 9.49. The summed E-state index contributed by atoms with van der Waals surface area (Å²) in [5.41, 5.74) is 6.31. The molecule has 3 atom stereocenters. The van der Waals surface area contributed by atoms with Crippen LogP contribution in [-0.4, -0.2) is 67.2 Å². The molecule has 0 bridgehead atoms. The molecular weight excluding hydrogens is 574 g/mol. The molecule has 0 spiro atoms. The Morgan fingerprint density at radius 3 is 1.67 bits per heavy atom. The highest BCUT2D eigenvalue weighted by Crippen LogP contribution is 2.34. The first kappa shape index (κ1) is 31.7. The van der Waals surface area contributed by atoms with Crippen LogP contribution in [0.3, 0.4) is 0 Å². The summed E-state index contributed by atoms with van der Waals surface area (Å²) >= 11 is 0. The summed E-state index contributed by atoms with van der Waals surface area (Å²) < 4.78 is 0. The summed E-state index contributed by atoms with van der Waals surface area (Å²) in [5, 5.41) is 3.32. The number of aromatic amines is 2. The van der Waals surface area contributed by atoms with Crippen LogP contribution in [0.1, 0.15) is 90.0 Å². The number of rotatable bonds is 11. The van der Waals surface area contributed by atoms with Crippen LogP contribution in [0.5, 0.6) is 0 Å². The van der Waals surface area contributed by atoms with E-state index >= 15 is 0 Å². The third kappa shape index (κ3) is 6.94. The highest BCUT2D eigenvalue weighted by molar-refractivity contribution is 5.79. The van der Waals surface area contributed by atoms with E-state index in [0.717, 1.165) is 90.5 Å². The average molecular weight is 622 g/mol. The molecule has 3 N–H and O–H groups in total. The summed E-state index contributed by atoms with van der Waals surface area (Å²) in [6.07, 6.45) is 9.20. The van der Waals surface area contributed by atoms with Crippen LogP contribution < -0.4 is 5.32 Å². The number of aromatic nitrogens is 4. The fourth-order valence-electron chi connectivity index (χ4n) is 6.66. The second-order valence-corrected chi connectivity index (χ2v) is 13.3. The van der Waals surface area contributed by atoms with Gasteiger partial charge in [0.15, 0.2) is 0 Å². The Kier molecular flexibility index (Phi) is 9.68. The van der Waals surface area contributed by atoms with Crippen molar-refractivity contribution >= 4 is 11.8 Å². The molecule has 0 radical (unpaired) electrons. The Hall–Kier alpha value is -4.24. The quantitative estimate of drug-likeness (QED) is 0.169. The lowest BCUT2D eigenvalue weighted by molar-refractivity contribution is -0.133. The molecule has 9 nitrogen and oxygen atoms in total. The zero-order valence-electron chi connectivity index (χ0n) is 27.6. The molecule has 4 heterocycles. The summed E-state index contributed by atoms with van der Waals surface area (Å²) in [5.74, 6) is 2.43. The van der Waals surface area contributed by atoms with Crippen LogP contribution in [0.15, 0.2) is 60.9 Å². The fraction of sp³-hybridized carbons (Fsp3) is 0.459. The lowest BCUT2D eigenvalue weighted by Gasteiger charge is -2.24. The van der Waals surface area contributed by atoms with Gasteiger partial charge in [0.2, 0.25) is 11.8 Å².